The second-order valence-corrected chi connectivity index (χ2v) is 11.4. The van der Waals surface area contributed by atoms with Gasteiger partial charge in [-0.25, -0.2) is 4.79 Å². The lowest BCUT2D eigenvalue weighted by molar-refractivity contribution is -0.139. The fourth-order valence-electron chi connectivity index (χ4n) is 2.31. The van der Waals surface area contributed by atoms with Gasteiger partial charge in [0.2, 0.25) is 0 Å². The Hall–Kier alpha value is -0.573. The summed E-state index contributed by atoms with van der Waals surface area (Å²) in [5.41, 5.74) is 0. The van der Waals surface area contributed by atoms with Crippen molar-refractivity contribution in [1.29, 1.82) is 0 Å². The summed E-state index contributed by atoms with van der Waals surface area (Å²) in [7, 11) is -1.51. The van der Waals surface area contributed by atoms with Gasteiger partial charge in [-0.3, -0.25) is 0 Å². The lowest BCUT2D eigenvalue weighted by Crippen LogP contribution is -2.27. The van der Waals surface area contributed by atoms with Crippen molar-refractivity contribution < 1.29 is 9.53 Å². The van der Waals surface area contributed by atoms with Crippen LogP contribution in [-0.4, -0.2) is 20.1 Å². The van der Waals surface area contributed by atoms with Gasteiger partial charge < -0.3 is 4.74 Å². The molecule has 1 rings (SSSR count). The van der Waals surface area contributed by atoms with E-state index in [1.54, 1.807) is 0 Å². The van der Waals surface area contributed by atoms with Gasteiger partial charge in [0.25, 0.3) is 0 Å². The van der Waals surface area contributed by atoms with Crippen LogP contribution in [0.2, 0.25) is 19.6 Å². The largest absolute Gasteiger partial charge is 0.455 e. The first-order chi connectivity index (χ1) is 8.45. The number of rotatable bonds is 8. The molecular formula is C15H28O2Si. The van der Waals surface area contributed by atoms with Crippen molar-refractivity contribution >= 4 is 14.0 Å². The lowest BCUT2D eigenvalue weighted by atomic mass is 10.1. The second kappa shape index (κ2) is 7.12. The van der Waals surface area contributed by atoms with E-state index in [0.29, 0.717) is 0 Å². The van der Waals surface area contributed by atoms with Gasteiger partial charge in [0.05, 0.1) is 8.07 Å². The molecule has 0 saturated carbocycles. The average molecular weight is 268 g/mol. The van der Waals surface area contributed by atoms with E-state index in [1.165, 1.54) is 38.5 Å². The summed E-state index contributed by atoms with van der Waals surface area (Å²) in [6.45, 7) is 8.84. The highest BCUT2D eigenvalue weighted by Gasteiger charge is 2.33. The summed E-state index contributed by atoms with van der Waals surface area (Å²) in [5.74, 6) is -0.0508. The van der Waals surface area contributed by atoms with Crippen LogP contribution >= 0.6 is 0 Å². The van der Waals surface area contributed by atoms with E-state index >= 15 is 0 Å². The number of carbonyl (C=O) groups excluding carboxylic acids is 1. The molecule has 1 aliphatic rings. The van der Waals surface area contributed by atoms with Gasteiger partial charge >= 0.3 is 5.97 Å². The molecule has 18 heavy (non-hydrogen) atoms. The molecule has 0 spiro atoms. The minimum Gasteiger partial charge on any atom is -0.455 e. The normalized spacial score (nSPS) is 19.9. The quantitative estimate of drug-likeness (QED) is 0.369. The van der Waals surface area contributed by atoms with Gasteiger partial charge in [-0.05, 0) is 18.9 Å². The molecule has 104 valence electrons. The Morgan fingerprint density at radius 2 is 1.72 bits per heavy atom. The molecule has 0 bridgehead atoms. The SMILES string of the molecule is CCCCCCCCC1C=C([Si](C)(C)C)C(=O)O1. The van der Waals surface area contributed by atoms with Crippen molar-refractivity contribution in [2.75, 3.05) is 0 Å². The first kappa shape index (κ1) is 15.5. The van der Waals surface area contributed by atoms with Crippen LogP contribution < -0.4 is 0 Å². The molecule has 2 nitrogen and oxygen atoms in total. The van der Waals surface area contributed by atoms with E-state index in [2.05, 4.69) is 32.6 Å². The number of hydrogen-bond donors (Lipinski definition) is 0. The highest BCUT2D eigenvalue weighted by molar-refractivity contribution is 6.87. The molecule has 3 heteroatoms. The number of ether oxygens (including phenoxy) is 1. The number of esters is 1. The maximum atomic E-state index is 11.7. The Morgan fingerprint density at radius 1 is 1.11 bits per heavy atom. The van der Waals surface area contributed by atoms with Crippen LogP contribution in [0, 0.1) is 0 Å². The predicted octanol–water partition coefficient (Wildman–Crippen LogP) is 4.47. The predicted molar refractivity (Wildman–Crippen MR) is 79.3 cm³/mol. The second-order valence-electron chi connectivity index (χ2n) is 6.33. The van der Waals surface area contributed by atoms with E-state index in [4.69, 9.17) is 4.74 Å². The van der Waals surface area contributed by atoms with Gasteiger partial charge in [0.15, 0.2) is 0 Å². The van der Waals surface area contributed by atoms with E-state index in [0.717, 1.165) is 11.6 Å². The topological polar surface area (TPSA) is 26.3 Å². The molecule has 1 aliphatic heterocycles. The van der Waals surface area contributed by atoms with E-state index in [-0.39, 0.29) is 12.1 Å². The molecule has 0 N–H and O–H groups in total. The number of cyclic esters (lactones) is 1. The number of unbranched alkanes of at least 4 members (excludes halogenated alkanes) is 5. The zero-order valence-electron chi connectivity index (χ0n) is 12.4. The van der Waals surface area contributed by atoms with Gasteiger partial charge in [-0.1, -0.05) is 58.7 Å². The van der Waals surface area contributed by atoms with Crippen molar-refractivity contribution in [2.45, 2.75) is 77.6 Å². The standard InChI is InChI=1S/C15H28O2Si/c1-5-6-7-8-9-10-11-13-12-14(15(16)17-13)18(2,3)4/h12-13H,5-11H2,1-4H3. The number of carbonyl (C=O) groups is 1. The smallest absolute Gasteiger partial charge is 0.330 e. The Kier molecular flexibility index (Phi) is 6.13. The molecule has 0 amide bonds. The maximum absolute atomic E-state index is 11.7. The zero-order chi connectivity index (χ0) is 13.6. The van der Waals surface area contributed by atoms with Crippen molar-refractivity contribution in [3.05, 3.63) is 11.3 Å². The molecule has 0 aromatic carbocycles. The molecule has 0 radical (unpaired) electrons. The van der Waals surface area contributed by atoms with Crippen LogP contribution in [-0.2, 0) is 9.53 Å². The Balaban J connectivity index is 2.25. The van der Waals surface area contributed by atoms with Gasteiger partial charge in [0.1, 0.15) is 6.10 Å². The highest BCUT2D eigenvalue weighted by atomic mass is 28.3. The first-order valence-electron chi connectivity index (χ1n) is 7.38. The summed E-state index contributed by atoms with van der Waals surface area (Å²) in [5, 5.41) is 0.985. The van der Waals surface area contributed by atoms with Crippen LogP contribution in [0.4, 0.5) is 0 Å². The van der Waals surface area contributed by atoms with E-state index < -0.39 is 8.07 Å². The van der Waals surface area contributed by atoms with Crippen molar-refractivity contribution in [3.8, 4) is 0 Å². The molecule has 0 saturated heterocycles. The Morgan fingerprint density at radius 3 is 2.28 bits per heavy atom. The molecule has 0 fully saturated rings. The highest BCUT2D eigenvalue weighted by Crippen LogP contribution is 2.26. The van der Waals surface area contributed by atoms with Crippen LogP contribution in [0.3, 0.4) is 0 Å². The third-order valence-electron chi connectivity index (χ3n) is 3.48. The van der Waals surface area contributed by atoms with Gasteiger partial charge in [-0.15, -0.1) is 0 Å². The fourth-order valence-corrected chi connectivity index (χ4v) is 3.67. The van der Waals surface area contributed by atoms with Crippen LogP contribution in [0.5, 0.6) is 0 Å². The molecule has 0 aromatic heterocycles. The molecule has 0 aliphatic carbocycles. The van der Waals surface area contributed by atoms with Gasteiger partial charge in [0, 0.05) is 5.20 Å². The van der Waals surface area contributed by atoms with Crippen molar-refractivity contribution in [1.82, 2.24) is 0 Å². The Bertz CT molecular complexity index is 302. The summed E-state index contributed by atoms with van der Waals surface area (Å²) in [4.78, 5) is 11.7. The third-order valence-corrected chi connectivity index (χ3v) is 5.47. The molecule has 1 unspecified atom stereocenters. The zero-order valence-corrected chi connectivity index (χ0v) is 13.4. The fraction of sp³-hybridized carbons (Fsp3) is 0.800. The molecule has 1 atom stereocenters. The molecular weight excluding hydrogens is 240 g/mol. The maximum Gasteiger partial charge on any atom is 0.330 e. The van der Waals surface area contributed by atoms with E-state index in [1.807, 2.05) is 0 Å². The summed E-state index contributed by atoms with van der Waals surface area (Å²) >= 11 is 0. The average Bonchev–Trinajstić information content (AvgIpc) is 2.64. The van der Waals surface area contributed by atoms with E-state index in [9.17, 15) is 4.79 Å². The summed E-state index contributed by atoms with van der Waals surface area (Å²) in [6.07, 6.45) is 10.9. The monoisotopic (exact) mass is 268 g/mol. The number of hydrogen-bond acceptors (Lipinski definition) is 2. The first-order valence-corrected chi connectivity index (χ1v) is 10.9. The third kappa shape index (κ3) is 4.97. The van der Waals surface area contributed by atoms with Crippen molar-refractivity contribution in [2.24, 2.45) is 0 Å². The van der Waals surface area contributed by atoms with Crippen LogP contribution in [0.25, 0.3) is 0 Å². The van der Waals surface area contributed by atoms with Crippen LogP contribution in [0.15, 0.2) is 11.3 Å². The minimum atomic E-state index is -1.51. The van der Waals surface area contributed by atoms with Crippen LogP contribution in [0.1, 0.15) is 51.9 Å². The van der Waals surface area contributed by atoms with Gasteiger partial charge in [-0.2, -0.15) is 0 Å². The minimum absolute atomic E-state index is 0.0508. The Labute approximate surface area is 113 Å². The molecule has 0 aromatic rings. The molecule has 1 heterocycles. The lowest BCUT2D eigenvalue weighted by Gasteiger charge is -2.13. The summed E-state index contributed by atoms with van der Waals surface area (Å²) < 4.78 is 5.43. The summed E-state index contributed by atoms with van der Waals surface area (Å²) in [6, 6.07) is 0. The van der Waals surface area contributed by atoms with Crippen molar-refractivity contribution in [3.63, 3.8) is 0 Å².